The van der Waals surface area contributed by atoms with Crippen LogP contribution in [-0.2, 0) is 6.54 Å². The van der Waals surface area contributed by atoms with Crippen LogP contribution in [0.1, 0.15) is 30.9 Å². The predicted molar refractivity (Wildman–Crippen MR) is 95.1 cm³/mol. The van der Waals surface area contributed by atoms with E-state index in [1.54, 1.807) is 0 Å². The van der Waals surface area contributed by atoms with Crippen LogP contribution < -0.4 is 4.90 Å². The van der Waals surface area contributed by atoms with Crippen molar-refractivity contribution in [1.82, 2.24) is 4.90 Å². The minimum absolute atomic E-state index is 0.0577. The molecule has 23 heavy (non-hydrogen) atoms. The number of urea groups is 1. The van der Waals surface area contributed by atoms with E-state index in [1.165, 1.54) is 5.56 Å². The summed E-state index contributed by atoms with van der Waals surface area (Å²) in [5.74, 6) is 0.498. The fourth-order valence-corrected chi connectivity index (χ4v) is 3.08. The molecule has 0 unspecified atom stereocenters. The van der Waals surface area contributed by atoms with Gasteiger partial charge in [-0.15, -0.1) is 0 Å². The Labute approximate surface area is 142 Å². The number of hydrogen-bond acceptors (Lipinski definition) is 1. The Balaban J connectivity index is 1.71. The molecule has 0 aliphatic carbocycles. The van der Waals surface area contributed by atoms with Crippen LogP contribution in [0.25, 0.3) is 0 Å². The number of carbonyl (C=O) groups is 1. The van der Waals surface area contributed by atoms with Crippen LogP contribution in [0.4, 0.5) is 10.5 Å². The SMILES string of the molecule is CC(C)c1ccc(N2CCN(Cc3cccc(Cl)c3)C2=O)cc1. The van der Waals surface area contributed by atoms with E-state index in [0.29, 0.717) is 17.5 Å². The van der Waals surface area contributed by atoms with E-state index in [1.807, 2.05) is 46.2 Å². The molecule has 0 saturated carbocycles. The summed E-state index contributed by atoms with van der Waals surface area (Å²) >= 11 is 6.02. The van der Waals surface area contributed by atoms with Crippen molar-refractivity contribution in [1.29, 1.82) is 0 Å². The highest BCUT2D eigenvalue weighted by Crippen LogP contribution is 2.24. The summed E-state index contributed by atoms with van der Waals surface area (Å²) in [6.45, 7) is 6.39. The fraction of sp³-hybridized carbons (Fsp3) is 0.316. The normalized spacial score (nSPS) is 14.9. The van der Waals surface area contributed by atoms with Crippen molar-refractivity contribution in [2.45, 2.75) is 26.3 Å². The molecule has 2 amide bonds. The van der Waals surface area contributed by atoms with E-state index in [9.17, 15) is 4.79 Å². The Morgan fingerprint density at radius 2 is 1.83 bits per heavy atom. The van der Waals surface area contributed by atoms with E-state index in [4.69, 9.17) is 11.6 Å². The average molecular weight is 329 g/mol. The average Bonchev–Trinajstić information content (AvgIpc) is 2.88. The number of rotatable bonds is 4. The molecule has 3 nitrogen and oxygen atoms in total. The Kier molecular flexibility index (Phi) is 4.58. The fourth-order valence-electron chi connectivity index (χ4n) is 2.86. The van der Waals surface area contributed by atoms with Gasteiger partial charge in [-0.3, -0.25) is 4.90 Å². The van der Waals surface area contributed by atoms with Crippen LogP contribution in [0.15, 0.2) is 48.5 Å². The number of amides is 2. The summed E-state index contributed by atoms with van der Waals surface area (Å²) in [4.78, 5) is 16.3. The Morgan fingerprint density at radius 1 is 1.09 bits per heavy atom. The molecule has 2 aromatic carbocycles. The first-order valence-corrected chi connectivity index (χ1v) is 8.33. The predicted octanol–water partition coefficient (Wildman–Crippen LogP) is 4.91. The molecule has 1 heterocycles. The zero-order valence-electron chi connectivity index (χ0n) is 13.5. The van der Waals surface area contributed by atoms with E-state index in [-0.39, 0.29) is 6.03 Å². The molecule has 0 bridgehead atoms. The van der Waals surface area contributed by atoms with Crippen molar-refractivity contribution in [3.05, 3.63) is 64.7 Å². The van der Waals surface area contributed by atoms with E-state index in [2.05, 4.69) is 26.0 Å². The molecule has 1 fully saturated rings. The lowest BCUT2D eigenvalue weighted by molar-refractivity contribution is 0.219. The van der Waals surface area contributed by atoms with Crippen LogP contribution in [0.3, 0.4) is 0 Å². The molecule has 0 atom stereocenters. The lowest BCUT2D eigenvalue weighted by Crippen LogP contribution is -2.31. The third-order valence-electron chi connectivity index (χ3n) is 4.23. The van der Waals surface area contributed by atoms with E-state index < -0.39 is 0 Å². The summed E-state index contributed by atoms with van der Waals surface area (Å²) in [5.41, 5.74) is 3.31. The van der Waals surface area contributed by atoms with Gasteiger partial charge in [-0.2, -0.15) is 0 Å². The zero-order chi connectivity index (χ0) is 16.4. The number of hydrogen-bond donors (Lipinski definition) is 0. The van der Waals surface area contributed by atoms with Crippen molar-refractivity contribution in [2.24, 2.45) is 0 Å². The van der Waals surface area contributed by atoms with Gasteiger partial charge in [0.2, 0.25) is 0 Å². The van der Waals surface area contributed by atoms with Crippen LogP contribution >= 0.6 is 11.6 Å². The van der Waals surface area contributed by atoms with Crippen molar-refractivity contribution >= 4 is 23.3 Å². The summed E-state index contributed by atoms with van der Waals surface area (Å²) < 4.78 is 0. The summed E-state index contributed by atoms with van der Waals surface area (Å²) in [6.07, 6.45) is 0. The van der Waals surface area contributed by atoms with Crippen molar-refractivity contribution in [3.63, 3.8) is 0 Å². The van der Waals surface area contributed by atoms with Gasteiger partial charge in [0.1, 0.15) is 0 Å². The molecule has 3 rings (SSSR count). The van der Waals surface area contributed by atoms with Gasteiger partial charge in [0, 0.05) is 30.3 Å². The molecule has 2 aromatic rings. The largest absolute Gasteiger partial charge is 0.324 e. The van der Waals surface area contributed by atoms with E-state index in [0.717, 1.165) is 24.3 Å². The molecule has 1 aliphatic rings. The Bertz CT molecular complexity index is 697. The minimum Gasteiger partial charge on any atom is -0.318 e. The van der Waals surface area contributed by atoms with Gasteiger partial charge in [0.15, 0.2) is 0 Å². The van der Waals surface area contributed by atoms with Gasteiger partial charge in [0.25, 0.3) is 0 Å². The van der Waals surface area contributed by atoms with Gasteiger partial charge in [-0.1, -0.05) is 49.7 Å². The van der Waals surface area contributed by atoms with Crippen molar-refractivity contribution in [3.8, 4) is 0 Å². The third kappa shape index (κ3) is 3.50. The third-order valence-corrected chi connectivity index (χ3v) is 4.46. The van der Waals surface area contributed by atoms with Gasteiger partial charge in [0.05, 0.1) is 0 Å². The highest BCUT2D eigenvalue weighted by molar-refractivity contribution is 6.30. The lowest BCUT2D eigenvalue weighted by atomic mass is 10.0. The highest BCUT2D eigenvalue weighted by Gasteiger charge is 2.29. The number of nitrogens with zero attached hydrogens (tertiary/aromatic N) is 2. The second-order valence-electron chi connectivity index (χ2n) is 6.23. The molecular weight excluding hydrogens is 308 g/mol. The van der Waals surface area contributed by atoms with Crippen LogP contribution in [0.5, 0.6) is 0 Å². The van der Waals surface area contributed by atoms with Gasteiger partial charge in [-0.05, 0) is 41.3 Å². The summed E-state index contributed by atoms with van der Waals surface area (Å²) in [6, 6.07) is 16.0. The molecule has 0 radical (unpaired) electrons. The number of benzene rings is 2. The maximum atomic E-state index is 12.6. The smallest absolute Gasteiger partial charge is 0.318 e. The van der Waals surface area contributed by atoms with Crippen LogP contribution in [-0.4, -0.2) is 24.0 Å². The van der Waals surface area contributed by atoms with Crippen LogP contribution in [0, 0.1) is 0 Å². The van der Waals surface area contributed by atoms with Gasteiger partial charge < -0.3 is 4.90 Å². The molecular formula is C19H21ClN2O. The molecule has 120 valence electrons. The lowest BCUT2D eigenvalue weighted by Gasteiger charge is -2.19. The molecule has 0 N–H and O–H groups in total. The Hall–Kier alpha value is -2.00. The second kappa shape index (κ2) is 6.63. The van der Waals surface area contributed by atoms with Gasteiger partial charge >= 0.3 is 6.03 Å². The van der Waals surface area contributed by atoms with Gasteiger partial charge in [-0.25, -0.2) is 4.79 Å². The minimum atomic E-state index is 0.0577. The number of anilines is 1. The molecule has 4 heteroatoms. The standard InChI is InChI=1S/C19H21ClN2O/c1-14(2)16-6-8-18(9-7-16)22-11-10-21(19(22)23)13-15-4-3-5-17(20)12-15/h3-9,12,14H,10-11,13H2,1-2H3. The number of carbonyl (C=O) groups excluding carboxylic acids is 1. The molecule has 0 aromatic heterocycles. The Morgan fingerprint density at radius 3 is 2.48 bits per heavy atom. The maximum Gasteiger partial charge on any atom is 0.324 e. The molecule has 1 aliphatic heterocycles. The monoisotopic (exact) mass is 328 g/mol. The second-order valence-corrected chi connectivity index (χ2v) is 6.67. The molecule has 0 spiro atoms. The van der Waals surface area contributed by atoms with Crippen LogP contribution in [0.2, 0.25) is 5.02 Å². The topological polar surface area (TPSA) is 23.6 Å². The number of halogens is 1. The molecule has 1 saturated heterocycles. The maximum absolute atomic E-state index is 12.6. The van der Waals surface area contributed by atoms with Crippen molar-refractivity contribution in [2.75, 3.05) is 18.0 Å². The first kappa shape index (κ1) is 15.9. The van der Waals surface area contributed by atoms with E-state index >= 15 is 0 Å². The quantitative estimate of drug-likeness (QED) is 0.782. The van der Waals surface area contributed by atoms with Crippen molar-refractivity contribution < 1.29 is 4.79 Å². The zero-order valence-corrected chi connectivity index (χ0v) is 14.3. The first-order chi connectivity index (χ1) is 11.0. The summed E-state index contributed by atoms with van der Waals surface area (Å²) in [5, 5.41) is 0.704. The highest BCUT2D eigenvalue weighted by atomic mass is 35.5. The summed E-state index contributed by atoms with van der Waals surface area (Å²) in [7, 11) is 0. The first-order valence-electron chi connectivity index (χ1n) is 7.95.